The van der Waals surface area contributed by atoms with Gasteiger partial charge in [-0.05, 0) is 61.7 Å². The molecule has 5 amide bonds. The number of hydrogen-bond acceptors (Lipinski definition) is 7. The molecule has 0 bridgehead atoms. The van der Waals surface area contributed by atoms with E-state index in [0.717, 1.165) is 52.5 Å². The van der Waals surface area contributed by atoms with Crippen molar-refractivity contribution in [2.24, 2.45) is 0 Å². The fourth-order valence-electron chi connectivity index (χ4n) is 5.13. The number of methoxy groups -OCH3 is 1. The Balaban J connectivity index is 1.23. The van der Waals surface area contributed by atoms with Crippen molar-refractivity contribution < 1.29 is 23.9 Å². The highest BCUT2D eigenvalue weighted by Crippen LogP contribution is 2.32. The van der Waals surface area contributed by atoms with Gasteiger partial charge in [-0.25, -0.2) is 19.3 Å². The number of pyridine rings is 1. The summed E-state index contributed by atoms with van der Waals surface area (Å²) in [6.07, 6.45) is 4.43. The van der Waals surface area contributed by atoms with Gasteiger partial charge in [-0.3, -0.25) is 15.4 Å². The fraction of sp³-hybridized carbons (Fsp3) is 0.270. The van der Waals surface area contributed by atoms with Crippen LogP contribution in [0.1, 0.15) is 36.6 Å². The molecule has 0 atom stereocenters. The molecule has 0 spiro atoms. The molecule has 5 aromatic rings. The van der Waals surface area contributed by atoms with Crippen LogP contribution in [0.3, 0.4) is 0 Å². The summed E-state index contributed by atoms with van der Waals surface area (Å²) < 4.78 is 12.8. The third-order valence-electron chi connectivity index (χ3n) is 7.70. The van der Waals surface area contributed by atoms with Crippen molar-refractivity contribution in [1.82, 2.24) is 25.4 Å². The predicted octanol–water partition coefficient (Wildman–Crippen LogP) is 6.18. The minimum absolute atomic E-state index is 0.184. The van der Waals surface area contributed by atoms with Gasteiger partial charge >= 0.3 is 12.1 Å². The molecule has 0 aliphatic rings. The first-order valence-corrected chi connectivity index (χ1v) is 16.5. The maximum absolute atomic E-state index is 13.4. The Labute approximate surface area is 290 Å². The van der Waals surface area contributed by atoms with Crippen molar-refractivity contribution in [2.45, 2.75) is 39.7 Å². The van der Waals surface area contributed by atoms with Gasteiger partial charge in [0, 0.05) is 36.7 Å². The largest absolute Gasteiger partial charge is 0.488 e. The van der Waals surface area contributed by atoms with Gasteiger partial charge in [-0.1, -0.05) is 55.3 Å². The van der Waals surface area contributed by atoms with E-state index in [2.05, 4.69) is 38.5 Å². The number of aromatic nitrogens is 3. The second-order valence-corrected chi connectivity index (χ2v) is 11.6. The summed E-state index contributed by atoms with van der Waals surface area (Å²) in [6, 6.07) is 23.7. The van der Waals surface area contributed by atoms with Gasteiger partial charge in [-0.2, -0.15) is 5.10 Å². The van der Waals surface area contributed by atoms with E-state index in [1.807, 2.05) is 67.6 Å². The first-order chi connectivity index (χ1) is 24.3. The fourth-order valence-corrected chi connectivity index (χ4v) is 5.13. The van der Waals surface area contributed by atoms with E-state index in [9.17, 15) is 14.4 Å². The first-order valence-electron chi connectivity index (χ1n) is 16.5. The molecule has 0 fully saturated rings. The molecule has 0 unspecified atom stereocenters. The average molecular weight is 679 g/mol. The number of carbonyl (C=O) groups excluding carboxylic acids is 3. The molecule has 50 heavy (non-hydrogen) atoms. The highest BCUT2D eigenvalue weighted by molar-refractivity contribution is 6.07. The normalized spacial score (nSPS) is 10.8. The lowest BCUT2D eigenvalue weighted by Crippen LogP contribution is -2.40. The van der Waals surface area contributed by atoms with Gasteiger partial charge in [0.05, 0.1) is 30.2 Å². The summed E-state index contributed by atoms with van der Waals surface area (Å²) in [5.41, 5.74) is 4.29. The molecule has 2 aromatic heterocycles. The van der Waals surface area contributed by atoms with Crippen molar-refractivity contribution in [3.8, 4) is 11.4 Å². The van der Waals surface area contributed by atoms with Gasteiger partial charge in [0.1, 0.15) is 24.0 Å². The maximum atomic E-state index is 13.4. The Morgan fingerprint density at radius 1 is 0.860 bits per heavy atom. The lowest BCUT2D eigenvalue weighted by atomic mass is 10.1. The molecule has 3 aromatic carbocycles. The lowest BCUT2D eigenvalue weighted by molar-refractivity contribution is -0.120. The number of benzene rings is 3. The van der Waals surface area contributed by atoms with Gasteiger partial charge in [0.25, 0.3) is 0 Å². The van der Waals surface area contributed by atoms with E-state index in [1.165, 1.54) is 7.11 Å². The number of rotatable bonds is 15. The molecule has 13 heteroatoms. The number of nitrogens with zero attached hydrogens (tertiary/aromatic N) is 3. The highest BCUT2D eigenvalue weighted by Gasteiger charge is 2.15. The number of anilines is 3. The summed E-state index contributed by atoms with van der Waals surface area (Å²) in [6.45, 7) is 4.92. The van der Waals surface area contributed by atoms with Crippen molar-refractivity contribution in [3.63, 3.8) is 0 Å². The van der Waals surface area contributed by atoms with Gasteiger partial charge < -0.3 is 25.4 Å². The van der Waals surface area contributed by atoms with Crippen LogP contribution in [-0.2, 0) is 22.6 Å². The number of nitrogens with one attached hydrogen (secondary N) is 5. The summed E-state index contributed by atoms with van der Waals surface area (Å²) in [4.78, 5) is 41.7. The van der Waals surface area contributed by atoms with Gasteiger partial charge in [0.15, 0.2) is 0 Å². The quantitative estimate of drug-likeness (QED) is 0.0827. The van der Waals surface area contributed by atoms with E-state index in [-0.39, 0.29) is 19.1 Å². The van der Waals surface area contributed by atoms with Gasteiger partial charge in [-0.15, -0.1) is 0 Å². The van der Waals surface area contributed by atoms with Crippen LogP contribution in [0.2, 0.25) is 0 Å². The molecule has 0 aliphatic carbocycles. The second kappa shape index (κ2) is 17.4. The third kappa shape index (κ3) is 9.80. The smallest absolute Gasteiger partial charge is 0.324 e. The topological polar surface area (TPSA) is 161 Å². The molecule has 0 aliphatic heterocycles. The number of ether oxygens (including phenoxy) is 2. The van der Waals surface area contributed by atoms with Crippen LogP contribution < -0.4 is 31.3 Å². The Bertz CT molecular complexity index is 1930. The van der Waals surface area contributed by atoms with Crippen molar-refractivity contribution >= 4 is 46.1 Å². The molecular formula is C37H42N8O5. The van der Waals surface area contributed by atoms with E-state index in [0.29, 0.717) is 36.2 Å². The Hall–Kier alpha value is -5.95. The molecule has 0 radical (unpaired) electrons. The Morgan fingerprint density at radius 2 is 1.66 bits per heavy atom. The zero-order valence-electron chi connectivity index (χ0n) is 28.4. The Kier molecular flexibility index (Phi) is 12.3. The standard InChI is InChI=1S/C37H42N8O5/c1-4-5-8-27-22-34(45(44-27)28-13-11-25(2)12-14-28)43-37(48)41-31-15-16-32(30-10-7-6-9-29(30)31)50-24-26-17-18-38-33(21-26)42-36(47)40-23-35(46)39-19-20-49-3/h6-7,9-18,21-22H,4-5,8,19-20,23-24H2,1-3H3,(H,39,46)(H2,41,43,48)(H2,38,40,42,47). The average Bonchev–Trinajstić information content (AvgIpc) is 3.52. The zero-order chi connectivity index (χ0) is 35.3. The van der Waals surface area contributed by atoms with Crippen LogP contribution in [0.5, 0.6) is 5.75 Å². The molecule has 5 rings (SSSR count). The van der Waals surface area contributed by atoms with E-state index in [1.54, 1.807) is 29.1 Å². The molecule has 260 valence electrons. The number of fused-ring (bicyclic) bond motifs is 1. The van der Waals surface area contributed by atoms with E-state index in [4.69, 9.17) is 14.6 Å². The first kappa shape index (κ1) is 35.4. The molecule has 2 heterocycles. The van der Waals surface area contributed by atoms with Crippen LogP contribution in [0, 0.1) is 6.92 Å². The Morgan fingerprint density at radius 3 is 2.44 bits per heavy atom. The van der Waals surface area contributed by atoms with Crippen LogP contribution in [-0.4, -0.2) is 59.5 Å². The monoisotopic (exact) mass is 678 g/mol. The number of aryl methyl sites for hydroxylation is 2. The number of urea groups is 2. The zero-order valence-corrected chi connectivity index (χ0v) is 28.4. The summed E-state index contributed by atoms with van der Waals surface area (Å²) >= 11 is 0. The number of unbranched alkanes of at least 4 members (excludes halogenated alkanes) is 1. The number of carbonyl (C=O) groups is 3. The van der Waals surface area contributed by atoms with E-state index >= 15 is 0 Å². The van der Waals surface area contributed by atoms with Gasteiger partial charge in [0.2, 0.25) is 5.91 Å². The minimum Gasteiger partial charge on any atom is -0.488 e. The maximum Gasteiger partial charge on any atom is 0.324 e. The third-order valence-corrected chi connectivity index (χ3v) is 7.70. The van der Waals surface area contributed by atoms with Crippen molar-refractivity contribution in [2.75, 3.05) is 42.8 Å². The summed E-state index contributed by atoms with van der Waals surface area (Å²) in [7, 11) is 1.54. The highest BCUT2D eigenvalue weighted by atomic mass is 16.5. The van der Waals surface area contributed by atoms with Crippen molar-refractivity contribution in [3.05, 3.63) is 102 Å². The number of amides is 5. The second-order valence-electron chi connectivity index (χ2n) is 11.6. The molecule has 13 nitrogen and oxygen atoms in total. The van der Waals surface area contributed by atoms with Crippen LogP contribution in [0.25, 0.3) is 16.5 Å². The molecule has 0 saturated carbocycles. The minimum atomic E-state index is -0.563. The predicted molar refractivity (Wildman–Crippen MR) is 194 cm³/mol. The van der Waals surface area contributed by atoms with E-state index < -0.39 is 12.1 Å². The van der Waals surface area contributed by atoms with Crippen LogP contribution in [0.4, 0.5) is 26.9 Å². The molecule has 0 saturated heterocycles. The summed E-state index contributed by atoms with van der Waals surface area (Å²) in [5.74, 6) is 1.17. The van der Waals surface area contributed by atoms with Crippen LogP contribution in [0.15, 0.2) is 85.1 Å². The summed E-state index contributed by atoms with van der Waals surface area (Å²) in [5, 5.41) is 20.1. The SMILES string of the molecule is CCCCc1cc(NC(=O)Nc2ccc(OCc3ccnc(NC(=O)NCC(=O)NCCOC)c3)c3ccccc23)n(-c2ccc(C)cc2)n1. The number of hydrogen-bond donors (Lipinski definition) is 5. The van der Waals surface area contributed by atoms with Crippen molar-refractivity contribution in [1.29, 1.82) is 0 Å². The molecular weight excluding hydrogens is 636 g/mol. The molecule has 5 N–H and O–H groups in total. The lowest BCUT2D eigenvalue weighted by Gasteiger charge is -2.15. The van der Waals surface area contributed by atoms with Crippen LogP contribution >= 0.6 is 0 Å².